The second-order valence-corrected chi connectivity index (χ2v) is 7.76. The molecule has 0 fully saturated rings. The molecule has 0 atom stereocenters. The molecule has 30 heavy (non-hydrogen) atoms. The van der Waals surface area contributed by atoms with Crippen LogP contribution >= 0.6 is 22.9 Å². The average molecular weight is 450 g/mol. The first-order valence-corrected chi connectivity index (χ1v) is 10.1. The Morgan fingerprint density at radius 2 is 1.80 bits per heavy atom. The van der Waals surface area contributed by atoms with Gasteiger partial charge in [-0.05, 0) is 42.8 Å². The summed E-state index contributed by atoms with van der Waals surface area (Å²) in [7, 11) is 1.59. The van der Waals surface area contributed by atoms with Gasteiger partial charge in [-0.2, -0.15) is 13.2 Å². The predicted octanol–water partition coefficient (Wildman–Crippen LogP) is 7.09. The Balaban J connectivity index is 1.82. The average Bonchev–Trinajstić information content (AvgIpc) is 3.12. The maximum absolute atomic E-state index is 13.2. The molecule has 2 aromatic carbocycles. The number of benzene rings is 2. The summed E-state index contributed by atoms with van der Waals surface area (Å²) in [5, 5.41) is 5.35. The van der Waals surface area contributed by atoms with Gasteiger partial charge in [-0.15, -0.1) is 11.3 Å². The van der Waals surface area contributed by atoms with Crippen molar-refractivity contribution in [1.29, 1.82) is 0 Å². The Bertz CT molecular complexity index is 1220. The number of ether oxygens (including phenoxy) is 1. The smallest absolute Gasteiger partial charge is 0.417 e. The fourth-order valence-corrected chi connectivity index (χ4v) is 4.30. The lowest BCUT2D eigenvalue weighted by molar-refractivity contribution is -0.137. The SMILES string of the molecule is COc1ccc(-c2csc3nc(C)nc(Nc4ccc(Cl)c(C(F)(F)F)c4)c23)cc1. The van der Waals surface area contributed by atoms with Crippen LogP contribution < -0.4 is 10.1 Å². The van der Waals surface area contributed by atoms with E-state index in [9.17, 15) is 13.2 Å². The summed E-state index contributed by atoms with van der Waals surface area (Å²) >= 11 is 7.18. The standard InChI is InChI=1S/C21H15ClF3N3OS/c1-11-26-19(28-13-5-8-17(22)16(9-13)21(23,24)25)18-15(10-30-20(18)27-11)12-3-6-14(29-2)7-4-12/h3-10H,1-2H3,(H,26,27,28). The van der Waals surface area contributed by atoms with E-state index in [1.165, 1.54) is 23.5 Å². The summed E-state index contributed by atoms with van der Waals surface area (Å²) in [6, 6.07) is 11.2. The minimum absolute atomic E-state index is 0.234. The zero-order valence-corrected chi connectivity index (χ0v) is 17.4. The maximum atomic E-state index is 13.2. The van der Waals surface area contributed by atoms with Crippen molar-refractivity contribution in [3.8, 4) is 16.9 Å². The maximum Gasteiger partial charge on any atom is 0.417 e. The van der Waals surface area contributed by atoms with Gasteiger partial charge in [0.25, 0.3) is 0 Å². The third kappa shape index (κ3) is 3.93. The summed E-state index contributed by atoms with van der Waals surface area (Å²) in [5.74, 6) is 1.67. The van der Waals surface area contributed by atoms with E-state index in [-0.39, 0.29) is 10.7 Å². The second-order valence-electron chi connectivity index (χ2n) is 6.49. The van der Waals surface area contributed by atoms with Crippen LogP contribution in [0.1, 0.15) is 11.4 Å². The van der Waals surface area contributed by atoms with Crippen LogP contribution in [0.25, 0.3) is 21.3 Å². The van der Waals surface area contributed by atoms with E-state index in [0.717, 1.165) is 33.2 Å². The van der Waals surface area contributed by atoms with Crippen LogP contribution in [0.4, 0.5) is 24.7 Å². The lowest BCUT2D eigenvalue weighted by Gasteiger charge is -2.13. The van der Waals surface area contributed by atoms with Crippen LogP contribution in [0.2, 0.25) is 5.02 Å². The topological polar surface area (TPSA) is 47.0 Å². The molecule has 0 unspecified atom stereocenters. The second kappa shape index (κ2) is 7.77. The van der Waals surface area contributed by atoms with Crippen molar-refractivity contribution in [3.05, 3.63) is 64.3 Å². The quantitative estimate of drug-likeness (QED) is 0.361. The lowest BCUT2D eigenvalue weighted by atomic mass is 10.1. The fraction of sp³-hybridized carbons (Fsp3) is 0.143. The minimum atomic E-state index is -4.55. The molecule has 0 radical (unpaired) electrons. The Morgan fingerprint density at radius 1 is 1.07 bits per heavy atom. The monoisotopic (exact) mass is 449 g/mol. The summed E-state index contributed by atoms with van der Waals surface area (Å²) in [6.45, 7) is 1.74. The Hall–Kier alpha value is -2.84. The number of rotatable bonds is 4. The molecule has 4 nitrogen and oxygen atoms in total. The number of hydrogen-bond acceptors (Lipinski definition) is 5. The van der Waals surface area contributed by atoms with Crippen molar-refractivity contribution < 1.29 is 17.9 Å². The zero-order valence-electron chi connectivity index (χ0n) is 15.8. The molecule has 154 valence electrons. The Labute approximate surface area is 179 Å². The van der Waals surface area contributed by atoms with E-state index in [1.807, 2.05) is 29.6 Å². The summed E-state index contributed by atoms with van der Waals surface area (Å²) in [5.41, 5.74) is 1.13. The number of thiophene rings is 1. The molecule has 0 bridgehead atoms. The molecular weight excluding hydrogens is 435 g/mol. The van der Waals surface area contributed by atoms with Crippen LogP contribution in [0.3, 0.4) is 0 Å². The Kier molecular flexibility index (Phi) is 5.29. The highest BCUT2D eigenvalue weighted by molar-refractivity contribution is 7.17. The number of alkyl halides is 3. The molecule has 0 saturated carbocycles. The summed E-state index contributed by atoms with van der Waals surface area (Å²) in [4.78, 5) is 9.66. The molecule has 9 heteroatoms. The summed E-state index contributed by atoms with van der Waals surface area (Å²) in [6.07, 6.45) is -4.55. The van der Waals surface area contributed by atoms with Gasteiger partial charge in [0.05, 0.1) is 23.1 Å². The van der Waals surface area contributed by atoms with E-state index in [1.54, 1.807) is 14.0 Å². The molecule has 0 spiro atoms. The van der Waals surface area contributed by atoms with Crippen LogP contribution in [0.5, 0.6) is 5.75 Å². The van der Waals surface area contributed by atoms with Crippen LogP contribution in [-0.2, 0) is 6.18 Å². The highest BCUT2D eigenvalue weighted by atomic mass is 35.5. The number of aryl methyl sites for hydroxylation is 1. The molecule has 0 amide bonds. The van der Waals surface area contributed by atoms with Crippen molar-refractivity contribution >= 4 is 44.7 Å². The van der Waals surface area contributed by atoms with E-state index in [0.29, 0.717) is 11.6 Å². The van der Waals surface area contributed by atoms with Crippen molar-refractivity contribution in [2.24, 2.45) is 0 Å². The molecule has 0 aliphatic rings. The fourth-order valence-electron chi connectivity index (χ4n) is 3.08. The number of hydrogen-bond donors (Lipinski definition) is 1. The highest BCUT2D eigenvalue weighted by Gasteiger charge is 2.33. The number of halogens is 4. The van der Waals surface area contributed by atoms with Gasteiger partial charge in [0.2, 0.25) is 0 Å². The van der Waals surface area contributed by atoms with Gasteiger partial charge in [-0.1, -0.05) is 23.7 Å². The van der Waals surface area contributed by atoms with Gasteiger partial charge in [0.1, 0.15) is 22.2 Å². The van der Waals surface area contributed by atoms with E-state index >= 15 is 0 Å². The van der Waals surface area contributed by atoms with Crippen molar-refractivity contribution in [1.82, 2.24) is 9.97 Å². The molecule has 2 aromatic heterocycles. The highest BCUT2D eigenvalue weighted by Crippen LogP contribution is 2.40. The van der Waals surface area contributed by atoms with Gasteiger partial charge in [0.15, 0.2) is 0 Å². The molecular formula is C21H15ClF3N3OS. The van der Waals surface area contributed by atoms with Gasteiger partial charge in [0, 0.05) is 16.6 Å². The molecule has 2 heterocycles. The number of nitrogens with zero attached hydrogens (tertiary/aromatic N) is 2. The first-order valence-electron chi connectivity index (χ1n) is 8.80. The predicted molar refractivity (Wildman–Crippen MR) is 114 cm³/mol. The molecule has 0 aliphatic heterocycles. The van der Waals surface area contributed by atoms with Gasteiger partial charge in [-0.25, -0.2) is 9.97 Å². The first-order chi connectivity index (χ1) is 14.3. The van der Waals surface area contributed by atoms with Gasteiger partial charge < -0.3 is 10.1 Å². The third-order valence-corrected chi connectivity index (χ3v) is 5.68. The largest absolute Gasteiger partial charge is 0.497 e. The van der Waals surface area contributed by atoms with E-state index in [4.69, 9.17) is 16.3 Å². The molecule has 0 saturated heterocycles. The first kappa shape index (κ1) is 20.4. The number of nitrogens with one attached hydrogen (secondary N) is 1. The van der Waals surface area contributed by atoms with Crippen LogP contribution in [-0.4, -0.2) is 17.1 Å². The molecule has 4 rings (SSSR count). The molecule has 0 aliphatic carbocycles. The van der Waals surface area contributed by atoms with Crippen molar-refractivity contribution in [2.45, 2.75) is 13.1 Å². The van der Waals surface area contributed by atoms with Gasteiger partial charge >= 0.3 is 6.18 Å². The van der Waals surface area contributed by atoms with Crippen LogP contribution in [0, 0.1) is 6.92 Å². The number of methoxy groups -OCH3 is 1. The van der Waals surface area contributed by atoms with Crippen molar-refractivity contribution in [2.75, 3.05) is 12.4 Å². The number of fused-ring (bicyclic) bond motifs is 1. The van der Waals surface area contributed by atoms with E-state index < -0.39 is 11.7 Å². The number of aromatic nitrogens is 2. The molecule has 4 aromatic rings. The molecule has 1 N–H and O–H groups in total. The minimum Gasteiger partial charge on any atom is -0.497 e. The lowest BCUT2D eigenvalue weighted by Crippen LogP contribution is -2.07. The zero-order chi connectivity index (χ0) is 21.5. The van der Waals surface area contributed by atoms with Crippen LogP contribution in [0.15, 0.2) is 47.8 Å². The van der Waals surface area contributed by atoms with E-state index in [2.05, 4.69) is 15.3 Å². The van der Waals surface area contributed by atoms with Gasteiger partial charge in [-0.3, -0.25) is 0 Å². The Morgan fingerprint density at radius 3 is 2.47 bits per heavy atom. The normalized spacial score (nSPS) is 11.7. The van der Waals surface area contributed by atoms with Crippen molar-refractivity contribution in [3.63, 3.8) is 0 Å². The number of anilines is 2. The summed E-state index contributed by atoms with van der Waals surface area (Å²) < 4.78 is 44.9. The third-order valence-electron chi connectivity index (χ3n) is 4.48.